The highest BCUT2D eigenvalue weighted by atomic mass is 16.2. The molecule has 25 heavy (non-hydrogen) atoms. The van der Waals surface area contributed by atoms with Gasteiger partial charge >= 0.3 is 6.03 Å². The topological polar surface area (TPSA) is 35.6 Å². The molecule has 3 rings (SSSR count). The normalized spacial score (nSPS) is 19.3. The number of nitrogens with one attached hydrogen (secondary N) is 1. The number of urea groups is 1. The molecule has 2 aliphatic rings. The minimum Gasteiger partial charge on any atom is -0.338 e. The zero-order chi connectivity index (χ0) is 17.5. The van der Waals surface area contributed by atoms with Gasteiger partial charge in [-0.1, -0.05) is 31.2 Å². The fraction of sp³-hybridized carbons (Fsp3) is 0.667. The van der Waals surface area contributed by atoms with E-state index in [2.05, 4.69) is 41.4 Å². The predicted octanol–water partition coefficient (Wildman–Crippen LogP) is 3.66. The van der Waals surface area contributed by atoms with E-state index < -0.39 is 0 Å². The second kappa shape index (κ2) is 9.23. The Bertz CT molecular complexity index is 529. The first-order valence-corrected chi connectivity index (χ1v) is 10.1. The van der Waals surface area contributed by atoms with Gasteiger partial charge in [-0.3, -0.25) is 4.90 Å². The summed E-state index contributed by atoms with van der Waals surface area (Å²) in [6, 6.07) is 9.35. The van der Waals surface area contributed by atoms with Crippen molar-refractivity contribution in [2.45, 2.75) is 52.0 Å². The minimum atomic E-state index is 0.117. The van der Waals surface area contributed by atoms with Crippen molar-refractivity contribution >= 4 is 6.03 Å². The maximum atomic E-state index is 12.0. The van der Waals surface area contributed by atoms with Gasteiger partial charge < -0.3 is 10.2 Å². The first kappa shape index (κ1) is 18.2. The van der Waals surface area contributed by atoms with Crippen LogP contribution >= 0.6 is 0 Å². The van der Waals surface area contributed by atoms with E-state index >= 15 is 0 Å². The standard InChI is InChI=1S/C21H33N3O/c1-2-11-22-21(25)24-14-9-19(10-15-24)16-18-5-7-20(8-6-18)17-23-12-3-4-13-23/h5-8,19H,2-4,9-17H2,1H3,(H,22,25). The molecule has 1 N–H and O–H groups in total. The lowest BCUT2D eigenvalue weighted by Gasteiger charge is -2.32. The molecule has 138 valence electrons. The number of carbonyl (C=O) groups excluding carboxylic acids is 1. The molecule has 2 aliphatic heterocycles. The zero-order valence-electron chi connectivity index (χ0n) is 15.7. The highest BCUT2D eigenvalue weighted by molar-refractivity contribution is 5.74. The molecule has 0 radical (unpaired) electrons. The second-order valence-corrected chi connectivity index (χ2v) is 7.67. The van der Waals surface area contributed by atoms with Crippen molar-refractivity contribution in [2.24, 2.45) is 5.92 Å². The molecule has 0 atom stereocenters. The number of benzene rings is 1. The molecular weight excluding hydrogens is 310 g/mol. The smallest absolute Gasteiger partial charge is 0.317 e. The van der Waals surface area contributed by atoms with Crippen LogP contribution in [0, 0.1) is 5.92 Å². The van der Waals surface area contributed by atoms with Gasteiger partial charge in [0.05, 0.1) is 0 Å². The van der Waals surface area contributed by atoms with Crippen molar-refractivity contribution < 1.29 is 4.79 Å². The number of hydrogen-bond donors (Lipinski definition) is 1. The molecule has 0 aromatic heterocycles. The van der Waals surface area contributed by atoms with Gasteiger partial charge in [0.15, 0.2) is 0 Å². The zero-order valence-corrected chi connectivity index (χ0v) is 15.7. The van der Waals surface area contributed by atoms with Gasteiger partial charge in [-0.25, -0.2) is 4.79 Å². The molecule has 4 nitrogen and oxygen atoms in total. The number of carbonyl (C=O) groups is 1. The van der Waals surface area contributed by atoms with Crippen molar-refractivity contribution in [1.82, 2.24) is 15.1 Å². The lowest BCUT2D eigenvalue weighted by molar-refractivity contribution is 0.170. The van der Waals surface area contributed by atoms with E-state index in [1.807, 2.05) is 4.90 Å². The fourth-order valence-corrected chi connectivity index (χ4v) is 4.00. The van der Waals surface area contributed by atoms with E-state index in [4.69, 9.17) is 0 Å². The van der Waals surface area contributed by atoms with E-state index in [1.165, 1.54) is 37.1 Å². The molecule has 0 unspecified atom stereocenters. The summed E-state index contributed by atoms with van der Waals surface area (Å²) in [7, 11) is 0. The van der Waals surface area contributed by atoms with Gasteiger partial charge in [0.25, 0.3) is 0 Å². The number of piperidine rings is 1. The van der Waals surface area contributed by atoms with E-state index in [0.29, 0.717) is 5.92 Å². The third-order valence-electron chi connectivity index (χ3n) is 5.58. The maximum absolute atomic E-state index is 12.0. The van der Waals surface area contributed by atoms with Crippen molar-refractivity contribution in [3.05, 3.63) is 35.4 Å². The van der Waals surface area contributed by atoms with Gasteiger partial charge in [0, 0.05) is 26.2 Å². The SMILES string of the molecule is CCCNC(=O)N1CCC(Cc2ccc(CN3CCCC3)cc2)CC1. The fourth-order valence-electron chi connectivity index (χ4n) is 4.00. The summed E-state index contributed by atoms with van der Waals surface area (Å²) in [5.41, 5.74) is 2.88. The highest BCUT2D eigenvalue weighted by Crippen LogP contribution is 2.22. The number of hydrogen-bond acceptors (Lipinski definition) is 2. The Labute approximate surface area is 152 Å². The molecule has 0 bridgehead atoms. The van der Waals surface area contributed by atoms with E-state index in [1.54, 1.807) is 0 Å². The van der Waals surface area contributed by atoms with Crippen molar-refractivity contribution in [2.75, 3.05) is 32.7 Å². The molecule has 2 heterocycles. The first-order valence-electron chi connectivity index (χ1n) is 10.1. The van der Waals surface area contributed by atoms with E-state index in [-0.39, 0.29) is 6.03 Å². The van der Waals surface area contributed by atoms with Gasteiger partial charge in [-0.2, -0.15) is 0 Å². The molecule has 2 fully saturated rings. The molecule has 1 aromatic carbocycles. The average molecular weight is 344 g/mol. The maximum Gasteiger partial charge on any atom is 0.317 e. The summed E-state index contributed by atoms with van der Waals surface area (Å²) >= 11 is 0. The Morgan fingerprint density at radius 2 is 1.68 bits per heavy atom. The third kappa shape index (κ3) is 5.46. The van der Waals surface area contributed by atoms with E-state index in [0.717, 1.165) is 51.9 Å². The van der Waals surface area contributed by atoms with Crippen LogP contribution in [0.5, 0.6) is 0 Å². The Morgan fingerprint density at radius 3 is 2.32 bits per heavy atom. The van der Waals surface area contributed by atoms with Crippen LogP contribution < -0.4 is 5.32 Å². The second-order valence-electron chi connectivity index (χ2n) is 7.67. The molecular formula is C21H33N3O. The Kier molecular flexibility index (Phi) is 6.74. The number of nitrogens with zero attached hydrogens (tertiary/aromatic N) is 2. The lowest BCUT2D eigenvalue weighted by Crippen LogP contribution is -2.44. The van der Waals surface area contributed by atoms with Crippen LogP contribution in [0.25, 0.3) is 0 Å². The van der Waals surface area contributed by atoms with Crippen molar-refractivity contribution in [3.8, 4) is 0 Å². The van der Waals surface area contributed by atoms with Crippen LogP contribution in [0.4, 0.5) is 4.79 Å². The molecule has 0 saturated carbocycles. The molecule has 4 heteroatoms. The summed E-state index contributed by atoms with van der Waals surface area (Å²) in [5, 5.41) is 2.99. The molecule has 0 aliphatic carbocycles. The van der Waals surface area contributed by atoms with Gasteiger partial charge in [-0.15, -0.1) is 0 Å². The van der Waals surface area contributed by atoms with E-state index in [9.17, 15) is 4.79 Å². The first-order chi connectivity index (χ1) is 12.2. The summed E-state index contributed by atoms with van der Waals surface area (Å²) in [6.07, 6.45) is 7.09. The molecule has 2 saturated heterocycles. The van der Waals surface area contributed by atoms with Crippen LogP contribution in [0.2, 0.25) is 0 Å². The van der Waals surface area contributed by atoms with Gasteiger partial charge in [0.2, 0.25) is 0 Å². The predicted molar refractivity (Wildman–Crippen MR) is 103 cm³/mol. The molecule has 0 spiro atoms. The van der Waals surface area contributed by atoms with Gasteiger partial charge in [0.1, 0.15) is 0 Å². The van der Waals surface area contributed by atoms with Crippen LogP contribution in [0.3, 0.4) is 0 Å². The summed E-state index contributed by atoms with van der Waals surface area (Å²) in [5.74, 6) is 0.708. The largest absolute Gasteiger partial charge is 0.338 e. The van der Waals surface area contributed by atoms with Crippen LogP contribution in [0.15, 0.2) is 24.3 Å². The minimum absolute atomic E-state index is 0.117. The van der Waals surface area contributed by atoms with Crippen LogP contribution in [-0.2, 0) is 13.0 Å². The average Bonchev–Trinajstić information content (AvgIpc) is 3.15. The highest BCUT2D eigenvalue weighted by Gasteiger charge is 2.22. The number of rotatable bonds is 6. The third-order valence-corrected chi connectivity index (χ3v) is 5.58. The summed E-state index contributed by atoms with van der Waals surface area (Å²) < 4.78 is 0. The number of amides is 2. The van der Waals surface area contributed by atoms with Crippen LogP contribution in [-0.4, -0.2) is 48.6 Å². The lowest BCUT2D eigenvalue weighted by atomic mass is 9.90. The monoisotopic (exact) mass is 343 g/mol. The molecule has 2 amide bonds. The number of likely N-dealkylation sites (tertiary alicyclic amines) is 2. The quantitative estimate of drug-likeness (QED) is 0.856. The summed E-state index contributed by atoms with van der Waals surface area (Å²) in [4.78, 5) is 16.5. The Hall–Kier alpha value is -1.55. The van der Waals surface area contributed by atoms with Crippen molar-refractivity contribution in [1.29, 1.82) is 0 Å². The van der Waals surface area contributed by atoms with Crippen LogP contribution in [0.1, 0.15) is 50.2 Å². The Balaban J connectivity index is 1.41. The summed E-state index contributed by atoms with van der Waals surface area (Å²) in [6.45, 7) is 8.27. The van der Waals surface area contributed by atoms with Crippen molar-refractivity contribution in [3.63, 3.8) is 0 Å². The molecule has 1 aromatic rings. The Morgan fingerprint density at radius 1 is 1.04 bits per heavy atom. The van der Waals surface area contributed by atoms with Gasteiger partial charge in [-0.05, 0) is 68.7 Å².